The largest absolute Gasteiger partial charge is 0.457 e. The minimum absolute atomic E-state index is 0.0402. The summed E-state index contributed by atoms with van der Waals surface area (Å²) in [4.78, 5) is 19.9. The van der Waals surface area contributed by atoms with Crippen molar-refractivity contribution in [3.63, 3.8) is 0 Å². The first-order valence-corrected chi connectivity index (χ1v) is 15.6. The second-order valence-electron chi connectivity index (χ2n) is 11.6. The zero-order valence-corrected chi connectivity index (χ0v) is 25.1. The van der Waals surface area contributed by atoms with Crippen LogP contribution in [0.5, 0.6) is 11.5 Å². The van der Waals surface area contributed by atoms with Crippen LogP contribution in [0.2, 0.25) is 0 Å². The predicted molar refractivity (Wildman–Crippen MR) is 176 cm³/mol. The number of aromatic nitrogens is 1. The van der Waals surface area contributed by atoms with Crippen LogP contribution < -0.4 is 10.1 Å². The van der Waals surface area contributed by atoms with Crippen LogP contribution >= 0.6 is 0 Å². The number of pyridine rings is 1. The molecular weight excluding hydrogens is 542 g/mol. The van der Waals surface area contributed by atoms with Gasteiger partial charge in [0, 0.05) is 43.6 Å². The SMILES string of the molecule is O=C(c1ccc(Oc2ccccc2)cc1)N(Cc1ccc(-c2ccc(CNC3CCCCC3)cc2)cc1)Cc1cccnc1. The lowest BCUT2D eigenvalue weighted by atomic mass is 9.95. The van der Waals surface area contributed by atoms with E-state index in [4.69, 9.17) is 4.74 Å². The Hall–Kier alpha value is -4.74. The van der Waals surface area contributed by atoms with Gasteiger partial charge in [-0.3, -0.25) is 9.78 Å². The molecule has 1 amide bonds. The molecular formula is C39H39N3O2. The minimum Gasteiger partial charge on any atom is -0.457 e. The van der Waals surface area contributed by atoms with E-state index in [9.17, 15) is 4.79 Å². The van der Waals surface area contributed by atoms with Crippen LogP contribution in [0.3, 0.4) is 0 Å². The highest BCUT2D eigenvalue weighted by Crippen LogP contribution is 2.25. The first kappa shape index (κ1) is 29.3. The molecule has 0 saturated heterocycles. The van der Waals surface area contributed by atoms with Gasteiger partial charge in [0.15, 0.2) is 0 Å². The molecule has 1 aliphatic carbocycles. The van der Waals surface area contributed by atoms with Crippen LogP contribution in [0.1, 0.15) is 59.2 Å². The third kappa shape index (κ3) is 8.00. The Labute approximate surface area is 260 Å². The fraction of sp³-hybridized carbons (Fsp3) is 0.231. The van der Waals surface area contributed by atoms with Crippen molar-refractivity contribution in [2.24, 2.45) is 0 Å². The third-order valence-corrected chi connectivity index (χ3v) is 8.28. The molecule has 1 aliphatic rings. The Bertz CT molecular complexity index is 1600. The second-order valence-corrected chi connectivity index (χ2v) is 11.6. The molecule has 1 N–H and O–H groups in total. The summed E-state index contributed by atoms with van der Waals surface area (Å²) in [5.74, 6) is 1.41. The lowest BCUT2D eigenvalue weighted by Crippen LogP contribution is -2.30. The van der Waals surface area contributed by atoms with Crippen molar-refractivity contribution >= 4 is 5.91 Å². The molecule has 4 aromatic carbocycles. The number of hydrogen-bond donors (Lipinski definition) is 1. The summed E-state index contributed by atoms with van der Waals surface area (Å²) in [5, 5.41) is 3.73. The molecule has 0 radical (unpaired) electrons. The summed E-state index contributed by atoms with van der Waals surface area (Å²) in [7, 11) is 0. The van der Waals surface area contributed by atoms with Gasteiger partial charge in [0.2, 0.25) is 0 Å². The van der Waals surface area contributed by atoms with Crippen molar-refractivity contribution in [2.75, 3.05) is 0 Å². The average molecular weight is 582 g/mol. The van der Waals surface area contributed by atoms with Crippen molar-refractivity contribution in [3.8, 4) is 22.6 Å². The zero-order valence-electron chi connectivity index (χ0n) is 25.1. The van der Waals surface area contributed by atoms with Crippen molar-refractivity contribution in [2.45, 2.75) is 57.8 Å². The Morgan fingerprint density at radius 2 is 1.32 bits per heavy atom. The van der Waals surface area contributed by atoms with Gasteiger partial charge in [-0.05, 0) is 83.1 Å². The number of ether oxygens (including phenoxy) is 1. The summed E-state index contributed by atoms with van der Waals surface area (Å²) in [6.45, 7) is 1.88. The Morgan fingerprint density at radius 3 is 1.98 bits per heavy atom. The number of hydrogen-bond acceptors (Lipinski definition) is 4. The van der Waals surface area contributed by atoms with E-state index in [2.05, 4.69) is 58.8 Å². The molecule has 0 atom stereocenters. The molecule has 0 spiro atoms. The van der Waals surface area contributed by atoms with Gasteiger partial charge in [0.1, 0.15) is 11.5 Å². The molecule has 6 rings (SSSR count). The van der Waals surface area contributed by atoms with Crippen LogP contribution in [0.15, 0.2) is 128 Å². The van der Waals surface area contributed by atoms with E-state index < -0.39 is 0 Å². The first-order valence-electron chi connectivity index (χ1n) is 15.6. The summed E-state index contributed by atoms with van der Waals surface area (Å²) >= 11 is 0. The van der Waals surface area contributed by atoms with Gasteiger partial charge in [-0.1, -0.05) is 92.1 Å². The quantitative estimate of drug-likeness (QED) is 0.169. The Balaban J connectivity index is 1.12. The summed E-state index contributed by atoms with van der Waals surface area (Å²) in [6, 6.07) is 38.9. The topological polar surface area (TPSA) is 54.5 Å². The molecule has 5 aromatic rings. The lowest BCUT2D eigenvalue weighted by molar-refractivity contribution is 0.0730. The number of nitrogens with one attached hydrogen (secondary N) is 1. The predicted octanol–water partition coefficient (Wildman–Crippen LogP) is 8.81. The molecule has 44 heavy (non-hydrogen) atoms. The van der Waals surface area contributed by atoms with Crippen molar-refractivity contribution in [1.82, 2.24) is 15.2 Å². The number of amides is 1. The van der Waals surface area contributed by atoms with Gasteiger partial charge in [-0.15, -0.1) is 0 Å². The molecule has 1 heterocycles. The maximum atomic E-state index is 13.8. The Morgan fingerprint density at radius 1 is 0.682 bits per heavy atom. The van der Waals surface area contributed by atoms with E-state index in [0.717, 1.165) is 23.4 Å². The zero-order chi connectivity index (χ0) is 30.0. The van der Waals surface area contributed by atoms with E-state index in [1.54, 1.807) is 6.20 Å². The molecule has 0 bridgehead atoms. The fourth-order valence-electron chi connectivity index (χ4n) is 5.79. The molecule has 0 aliphatic heterocycles. The monoisotopic (exact) mass is 581 g/mol. The fourth-order valence-corrected chi connectivity index (χ4v) is 5.79. The highest BCUT2D eigenvalue weighted by molar-refractivity contribution is 5.94. The van der Waals surface area contributed by atoms with Crippen LogP contribution in [-0.4, -0.2) is 21.8 Å². The molecule has 1 saturated carbocycles. The third-order valence-electron chi connectivity index (χ3n) is 8.28. The van der Waals surface area contributed by atoms with Gasteiger partial charge in [0.05, 0.1) is 0 Å². The van der Waals surface area contributed by atoms with Crippen molar-refractivity contribution < 1.29 is 9.53 Å². The number of carbonyl (C=O) groups excluding carboxylic acids is 1. The number of nitrogens with zero attached hydrogens (tertiary/aromatic N) is 2. The first-order chi connectivity index (χ1) is 21.7. The van der Waals surface area contributed by atoms with Gasteiger partial charge in [-0.2, -0.15) is 0 Å². The summed E-state index contributed by atoms with van der Waals surface area (Å²) in [6.07, 6.45) is 10.2. The van der Waals surface area contributed by atoms with Crippen LogP contribution in [0.4, 0.5) is 0 Å². The maximum Gasteiger partial charge on any atom is 0.254 e. The molecule has 5 nitrogen and oxygen atoms in total. The molecule has 222 valence electrons. The van der Waals surface area contributed by atoms with E-state index >= 15 is 0 Å². The number of benzene rings is 4. The minimum atomic E-state index is -0.0402. The average Bonchev–Trinajstić information content (AvgIpc) is 3.09. The Kier molecular flexibility index (Phi) is 9.75. The lowest BCUT2D eigenvalue weighted by Gasteiger charge is -2.23. The standard InChI is InChI=1S/C39H39N3O2/c43-39(35-21-23-38(24-22-35)44-37-11-5-2-6-12-37)42(29-32-8-7-25-40-26-32)28-31-15-19-34(20-16-31)33-17-13-30(14-18-33)27-41-36-9-3-1-4-10-36/h2,5-8,11-26,36,41H,1,3-4,9-10,27-29H2. The van der Waals surface area contributed by atoms with E-state index in [1.807, 2.05) is 77.8 Å². The molecule has 1 aromatic heterocycles. The van der Waals surface area contributed by atoms with E-state index in [-0.39, 0.29) is 5.91 Å². The van der Waals surface area contributed by atoms with Crippen molar-refractivity contribution in [3.05, 3.63) is 150 Å². The normalized spacial score (nSPS) is 13.4. The maximum absolute atomic E-state index is 13.8. The molecule has 0 unspecified atom stereocenters. The second kappa shape index (κ2) is 14.6. The van der Waals surface area contributed by atoms with Crippen molar-refractivity contribution in [1.29, 1.82) is 0 Å². The number of rotatable bonds is 11. The van der Waals surface area contributed by atoms with E-state index in [0.29, 0.717) is 30.4 Å². The van der Waals surface area contributed by atoms with Gasteiger partial charge in [-0.25, -0.2) is 0 Å². The summed E-state index contributed by atoms with van der Waals surface area (Å²) in [5.41, 5.74) is 6.35. The van der Waals surface area contributed by atoms with Gasteiger partial charge >= 0.3 is 0 Å². The number of carbonyl (C=O) groups is 1. The van der Waals surface area contributed by atoms with Crippen LogP contribution in [0, 0.1) is 0 Å². The van der Waals surface area contributed by atoms with E-state index in [1.165, 1.54) is 48.8 Å². The smallest absolute Gasteiger partial charge is 0.254 e. The number of para-hydroxylation sites is 1. The molecule has 1 fully saturated rings. The van der Waals surface area contributed by atoms with Gasteiger partial charge < -0.3 is 15.0 Å². The summed E-state index contributed by atoms with van der Waals surface area (Å²) < 4.78 is 5.92. The molecule has 5 heteroatoms. The highest BCUT2D eigenvalue weighted by atomic mass is 16.5. The highest BCUT2D eigenvalue weighted by Gasteiger charge is 2.18. The van der Waals surface area contributed by atoms with Gasteiger partial charge in [0.25, 0.3) is 5.91 Å². The van der Waals surface area contributed by atoms with Crippen LogP contribution in [-0.2, 0) is 19.6 Å². The van der Waals surface area contributed by atoms with Crippen LogP contribution in [0.25, 0.3) is 11.1 Å².